The van der Waals surface area contributed by atoms with Crippen molar-refractivity contribution in [3.63, 3.8) is 0 Å². The van der Waals surface area contributed by atoms with Crippen molar-refractivity contribution in [3.8, 4) is 11.5 Å². The van der Waals surface area contributed by atoms with E-state index in [1.807, 2.05) is 91.0 Å². The summed E-state index contributed by atoms with van der Waals surface area (Å²) >= 11 is 0. The van der Waals surface area contributed by atoms with Crippen LogP contribution in [0.2, 0.25) is 0 Å². The molecule has 0 aliphatic rings. The van der Waals surface area contributed by atoms with Crippen molar-refractivity contribution in [1.29, 1.82) is 0 Å². The van der Waals surface area contributed by atoms with E-state index < -0.39 is 11.9 Å². The lowest BCUT2D eigenvalue weighted by molar-refractivity contribution is -0.123. The van der Waals surface area contributed by atoms with Crippen LogP contribution in [0, 0.1) is 0 Å². The molecular formula is C33H23N3O4. The van der Waals surface area contributed by atoms with E-state index in [0.717, 1.165) is 26.9 Å². The fraction of sp³-hybridized carbons (Fsp3) is 0.0303. The Morgan fingerprint density at radius 2 is 1.43 bits per heavy atom. The van der Waals surface area contributed by atoms with Crippen LogP contribution in [0.4, 0.5) is 0 Å². The van der Waals surface area contributed by atoms with Gasteiger partial charge in [0.25, 0.3) is 5.91 Å². The van der Waals surface area contributed by atoms with Gasteiger partial charge in [0, 0.05) is 17.1 Å². The molecule has 40 heavy (non-hydrogen) atoms. The number of carbonyl (C=O) groups excluding carboxylic acids is 2. The number of ether oxygens (including phenoxy) is 2. The van der Waals surface area contributed by atoms with Gasteiger partial charge in [0.1, 0.15) is 17.0 Å². The van der Waals surface area contributed by atoms with Gasteiger partial charge < -0.3 is 9.47 Å². The summed E-state index contributed by atoms with van der Waals surface area (Å²) in [5.74, 6) is -0.0942. The molecule has 0 saturated heterocycles. The first-order valence-corrected chi connectivity index (χ1v) is 12.7. The number of hydrogen-bond donors (Lipinski definition) is 1. The number of para-hydroxylation sites is 1. The van der Waals surface area contributed by atoms with E-state index >= 15 is 0 Å². The van der Waals surface area contributed by atoms with Crippen molar-refractivity contribution < 1.29 is 19.1 Å². The zero-order chi connectivity index (χ0) is 27.3. The summed E-state index contributed by atoms with van der Waals surface area (Å²) in [6, 6.07) is 33.7. The Morgan fingerprint density at radius 3 is 2.30 bits per heavy atom. The van der Waals surface area contributed by atoms with E-state index in [-0.39, 0.29) is 6.61 Å². The van der Waals surface area contributed by atoms with Gasteiger partial charge in [-0.25, -0.2) is 10.2 Å². The number of hydrogen-bond acceptors (Lipinski definition) is 6. The lowest BCUT2D eigenvalue weighted by atomic mass is 10.0. The minimum Gasteiger partial charge on any atom is -0.481 e. The molecule has 0 fully saturated rings. The van der Waals surface area contributed by atoms with Crippen LogP contribution in [-0.4, -0.2) is 29.7 Å². The van der Waals surface area contributed by atoms with E-state index in [0.29, 0.717) is 28.1 Å². The second-order valence-electron chi connectivity index (χ2n) is 9.03. The molecule has 0 aliphatic carbocycles. The number of rotatable bonds is 7. The standard InChI is InChI=1S/C33H23N3O4/c37-31(21-39-30-16-6-11-24-12-7-19-34-32(24)30)36-35-20-28-26-14-4-2-9-23(26)17-18-29(28)40-33(38)27-15-5-10-22-8-1-3-13-25(22)27/h1-20H,21H2,(H,36,37)/b35-20-. The molecule has 0 aliphatic heterocycles. The molecule has 0 spiro atoms. The quantitative estimate of drug-likeness (QED) is 0.115. The molecule has 0 saturated carbocycles. The third-order valence-corrected chi connectivity index (χ3v) is 6.48. The maximum Gasteiger partial charge on any atom is 0.344 e. The number of hydrazone groups is 1. The lowest BCUT2D eigenvalue weighted by Crippen LogP contribution is -2.24. The predicted molar refractivity (Wildman–Crippen MR) is 156 cm³/mol. The highest BCUT2D eigenvalue weighted by Crippen LogP contribution is 2.29. The van der Waals surface area contributed by atoms with Crippen LogP contribution < -0.4 is 14.9 Å². The first kappa shape index (κ1) is 24.8. The molecule has 7 heteroatoms. The highest BCUT2D eigenvalue weighted by molar-refractivity contribution is 6.07. The van der Waals surface area contributed by atoms with Crippen molar-refractivity contribution in [2.24, 2.45) is 5.10 Å². The molecule has 6 aromatic rings. The average molecular weight is 526 g/mol. The summed E-state index contributed by atoms with van der Waals surface area (Å²) in [6.45, 7) is -0.245. The summed E-state index contributed by atoms with van der Waals surface area (Å²) in [7, 11) is 0. The van der Waals surface area contributed by atoms with Gasteiger partial charge in [-0.1, -0.05) is 84.9 Å². The monoisotopic (exact) mass is 525 g/mol. The van der Waals surface area contributed by atoms with Crippen LogP contribution in [0.25, 0.3) is 32.4 Å². The Bertz CT molecular complexity index is 1910. The van der Waals surface area contributed by atoms with E-state index in [1.165, 1.54) is 6.21 Å². The van der Waals surface area contributed by atoms with Gasteiger partial charge in [-0.2, -0.15) is 5.10 Å². The van der Waals surface area contributed by atoms with Crippen molar-refractivity contribution in [2.45, 2.75) is 0 Å². The number of amides is 1. The molecule has 0 atom stereocenters. The Morgan fingerprint density at radius 1 is 0.725 bits per heavy atom. The third-order valence-electron chi connectivity index (χ3n) is 6.48. The molecule has 1 heterocycles. The average Bonchev–Trinajstić information content (AvgIpc) is 3.00. The molecular weight excluding hydrogens is 502 g/mol. The van der Waals surface area contributed by atoms with Gasteiger partial charge in [-0.05, 0) is 45.8 Å². The molecule has 0 unspecified atom stereocenters. The Hall–Kier alpha value is -5.56. The van der Waals surface area contributed by atoms with Crippen LogP contribution in [0.3, 0.4) is 0 Å². The van der Waals surface area contributed by atoms with Gasteiger partial charge in [0.2, 0.25) is 0 Å². The normalized spacial score (nSPS) is 11.2. The van der Waals surface area contributed by atoms with Gasteiger partial charge in [0.15, 0.2) is 6.61 Å². The van der Waals surface area contributed by atoms with Crippen LogP contribution in [0.1, 0.15) is 15.9 Å². The second-order valence-corrected chi connectivity index (χ2v) is 9.03. The van der Waals surface area contributed by atoms with Crippen molar-refractivity contribution in [3.05, 3.63) is 127 Å². The molecule has 7 nitrogen and oxygen atoms in total. The number of aromatic nitrogens is 1. The number of nitrogens with one attached hydrogen (secondary N) is 1. The minimum atomic E-state index is -0.483. The number of nitrogens with zero attached hydrogens (tertiary/aromatic N) is 2. The Labute approximate surface area is 229 Å². The zero-order valence-corrected chi connectivity index (χ0v) is 21.3. The summed E-state index contributed by atoms with van der Waals surface area (Å²) in [6.07, 6.45) is 3.15. The van der Waals surface area contributed by atoms with E-state index in [4.69, 9.17) is 9.47 Å². The smallest absolute Gasteiger partial charge is 0.344 e. The number of fused-ring (bicyclic) bond motifs is 3. The molecule has 6 rings (SSSR count). The third kappa shape index (κ3) is 5.08. The second kappa shape index (κ2) is 11.0. The van der Waals surface area contributed by atoms with Gasteiger partial charge in [0.05, 0.1) is 11.8 Å². The number of pyridine rings is 1. The van der Waals surface area contributed by atoms with Gasteiger partial charge >= 0.3 is 5.97 Å². The lowest BCUT2D eigenvalue weighted by Gasteiger charge is -2.12. The first-order chi connectivity index (χ1) is 19.7. The number of benzene rings is 5. The zero-order valence-electron chi connectivity index (χ0n) is 21.3. The minimum absolute atomic E-state index is 0.245. The van der Waals surface area contributed by atoms with Crippen LogP contribution in [0.15, 0.2) is 120 Å². The maximum atomic E-state index is 13.3. The van der Waals surface area contributed by atoms with E-state index in [9.17, 15) is 9.59 Å². The van der Waals surface area contributed by atoms with Crippen LogP contribution >= 0.6 is 0 Å². The Balaban J connectivity index is 1.22. The molecule has 1 aromatic heterocycles. The molecule has 0 bridgehead atoms. The highest BCUT2D eigenvalue weighted by Gasteiger charge is 2.16. The van der Waals surface area contributed by atoms with Crippen molar-refractivity contribution in [2.75, 3.05) is 6.61 Å². The van der Waals surface area contributed by atoms with Crippen molar-refractivity contribution in [1.82, 2.24) is 10.4 Å². The first-order valence-electron chi connectivity index (χ1n) is 12.7. The summed E-state index contributed by atoms with van der Waals surface area (Å²) in [5, 5.41) is 8.57. The fourth-order valence-corrected chi connectivity index (χ4v) is 4.59. The number of carbonyl (C=O) groups is 2. The molecule has 194 valence electrons. The Kier molecular flexibility index (Phi) is 6.84. The number of esters is 1. The molecule has 1 amide bonds. The van der Waals surface area contributed by atoms with Crippen LogP contribution in [-0.2, 0) is 4.79 Å². The van der Waals surface area contributed by atoms with Gasteiger partial charge in [-0.15, -0.1) is 0 Å². The summed E-state index contributed by atoms with van der Waals surface area (Å²) < 4.78 is 11.6. The highest BCUT2D eigenvalue weighted by atomic mass is 16.5. The van der Waals surface area contributed by atoms with E-state index in [1.54, 1.807) is 24.4 Å². The van der Waals surface area contributed by atoms with Gasteiger partial charge in [-0.3, -0.25) is 9.78 Å². The molecule has 5 aromatic carbocycles. The van der Waals surface area contributed by atoms with E-state index in [2.05, 4.69) is 15.5 Å². The van der Waals surface area contributed by atoms with Crippen LogP contribution in [0.5, 0.6) is 11.5 Å². The predicted octanol–water partition coefficient (Wildman–Crippen LogP) is 6.29. The fourth-order valence-electron chi connectivity index (χ4n) is 4.59. The summed E-state index contributed by atoms with van der Waals surface area (Å²) in [4.78, 5) is 30.1. The maximum absolute atomic E-state index is 13.3. The summed E-state index contributed by atoms with van der Waals surface area (Å²) in [5.41, 5.74) is 4.19. The SMILES string of the molecule is O=C(COc1cccc2cccnc12)N/N=C\c1c(OC(=O)c2cccc3ccccc23)ccc2ccccc12. The van der Waals surface area contributed by atoms with Crippen molar-refractivity contribution >= 4 is 50.5 Å². The molecule has 0 radical (unpaired) electrons. The molecule has 1 N–H and O–H groups in total. The topological polar surface area (TPSA) is 89.9 Å². The largest absolute Gasteiger partial charge is 0.481 e.